The maximum atomic E-state index is 11.9. The lowest BCUT2D eigenvalue weighted by molar-refractivity contribution is -0.125. The summed E-state index contributed by atoms with van der Waals surface area (Å²) in [5, 5.41) is 11.9. The number of carbonyl (C=O) groups excluding carboxylic acids is 1. The first kappa shape index (κ1) is 16.4. The van der Waals surface area contributed by atoms with Crippen LogP contribution in [0.25, 0.3) is 0 Å². The van der Waals surface area contributed by atoms with Crippen LogP contribution < -0.4 is 5.32 Å². The molecule has 0 aromatic carbocycles. The molecular formula is C14H29NO2. The van der Waals surface area contributed by atoms with Crippen molar-refractivity contribution < 1.29 is 9.90 Å². The monoisotopic (exact) mass is 243 g/mol. The molecule has 2 N–H and O–H groups in total. The van der Waals surface area contributed by atoms with Crippen molar-refractivity contribution in [1.29, 1.82) is 0 Å². The molecule has 0 heterocycles. The lowest BCUT2D eigenvalue weighted by atomic mass is 9.97. The van der Waals surface area contributed by atoms with Crippen LogP contribution >= 0.6 is 0 Å². The molecule has 0 spiro atoms. The molecule has 0 radical (unpaired) electrons. The molecule has 2 unspecified atom stereocenters. The average Bonchev–Trinajstić information content (AvgIpc) is 2.35. The zero-order valence-corrected chi connectivity index (χ0v) is 11.7. The number of rotatable bonds is 10. The van der Waals surface area contributed by atoms with E-state index in [9.17, 15) is 4.79 Å². The van der Waals surface area contributed by atoms with E-state index in [-0.39, 0.29) is 18.4 Å². The summed E-state index contributed by atoms with van der Waals surface area (Å²) >= 11 is 0. The molecule has 102 valence electrons. The smallest absolute Gasteiger partial charge is 0.223 e. The van der Waals surface area contributed by atoms with Gasteiger partial charge in [-0.1, -0.05) is 40.0 Å². The van der Waals surface area contributed by atoms with Crippen LogP contribution in [0.1, 0.15) is 59.3 Å². The number of amides is 1. The van der Waals surface area contributed by atoms with Crippen molar-refractivity contribution in [2.45, 2.75) is 59.3 Å². The van der Waals surface area contributed by atoms with Gasteiger partial charge in [0.2, 0.25) is 5.91 Å². The molecule has 0 aliphatic heterocycles. The highest BCUT2D eigenvalue weighted by molar-refractivity contribution is 5.78. The van der Waals surface area contributed by atoms with Gasteiger partial charge in [0.05, 0.1) is 0 Å². The second kappa shape index (κ2) is 10.6. The molecule has 0 aromatic rings. The van der Waals surface area contributed by atoms with E-state index in [0.29, 0.717) is 12.5 Å². The van der Waals surface area contributed by atoms with Crippen molar-refractivity contribution in [3.05, 3.63) is 0 Å². The summed E-state index contributed by atoms with van der Waals surface area (Å²) in [6, 6.07) is 0. The third-order valence-corrected chi connectivity index (χ3v) is 3.45. The lowest BCUT2D eigenvalue weighted by Gasteiger charge is -2.18. The van der Waals surface area contributed by atoms with E-state index in [1.54, 1.807) is 0 Å². The third-order valence-electron chi connectivity index (χ3n) is 3.45. The predicted molar refractivity (Wildman–Crippen MR) is 71.8 cm³/mol. The number of aliphatic hydroxyl groups is 1. The number of unbranched alkanes of at least 4 members (excludes halogenated alkanes) is 1. The Morgan fingerprint density at radius 2 is 1.88 bits per heavy atom. The zero-order chi connectivity index (χ0) is 13.1. The van der Waals surface area contributed by atoms with Crippen molar-refractivity contribution in [3.8, 4) is 0 Å². The number of nitrogens with one attached hydrogen (secondary N) is 1. The standard InChI is InChI=1S/C14H29NO2/c1-4-7-8-13(6-3)14(17)15-11-12(5-2)9-10-16/h12-13,16H,4-11H2,1-3H3,(H,15,17). The van der Waals surface area contributed by atoms with Crippen LogP contribution in [0.15, 0.2) is 0 Å². The van der Waals surface area contributed by atoms with Gasteiger partial charge in [0.15, 0.2) is 0 Å². The van der Waals surface area contributed by atoms with E-state index < -0.39 is 0 Å². The first-order chi connectivity index (χ1) is 8.19. The summed E-state index contributed by atoms with van der Waals surface area (Å²) in [5.41, 5.74) is 0. The Hall–Kier alpha value is -0.570. The number of hydrogen-bond donors (Lipinski definition) is 2. The number of carbonyl (C=O) groups is 1. The number of aliphatic hydroxyl groups excluding tert-OH is 1. The minimum absolute atomic E-state index is 0.168. The van der Waals surface area contributed by atoms with Gasteiger partial charge < -0.3 is 10.4 Å². The Balaban J connectivity index is 3.95. The Kier molecular flexibility index (Phi) is 10.2. The molecule has 0 bridgehead atoms. The average molecular weight is 243 g/mol. The van der Waals surface area contributed by atoms with Crippen LogP contribution in [-0.2, 0) is 4.79 Å². The summed E-state index contributed by atoms with van der Waals surface area (Å²) in [7, 11) is 0. The van der Waals surface area contributed by atoms with Crippen LogP contribution in [0, 0.1) is 11.8 Å². The molecule has 0 aliphatic rings. The Labute approximate surface area is 106 Å². The zero-order valence-electron chi connectivity index (χ0n) is 11.7. The van der Waals surface area contributed by atoms with Crippen LogP contribution in [0.5, 0.6) is 0 Å². The lowest BCUT2D eigenvalue weighted by Crippen LogP contribution is -2.34. The van der Waals surface area contributed by atoms with Crippen molar-refractivity contribution in [3.63, 3.8) is 0 Å². The Bertz CT molecular complexity index is 195. The molecule has 0 saturated carbocycles. The highest BCUT2D eigenvalue weighted by atomic mass is 16.3. The van der Waals surface area contributed by atoms with E-state index in [4.69, 9.17) is 5.11 Å². The fraction of sp³-hybridized carbons (Fsp3) is 0.929. The van der Waals surface area contributed by atoms with E-state index in [1.165, 1.54) is 0 Å². The predicted octanol–water partition coefficient (Wildman–Crippen LogP) is 2.73. The molecule has 3 nitrogen and oxygen atoms in total. The van der Waals surface area contributed by atoms with E-state index >= 15 is 0 Å². The molecular weight excluding hydrogens is 214 g/mol. The molecule has 2 atom stereocenters. The van der Waals surface area contributed by atoms with Crippen molar-refractivity contribution in [2.75, 3.05) is 13.2 Å². The normalized spacial score (nSPS) is 14.4. The molecule has 0 aromatic heterocycles. The summed E-state index contributed by atoms with van der Waals surface area (Å²) < 4.78 is 0. The molecule has 3 heteroatoms. The van der Waals surface area contributed by atoms with Crippen LogP contribution in [0.2, 0.25) is 0 Å². The maximum Gasteiger partial charge on any atom is 0.223 e. The topological polar surface area (TPSA) is 49.3 Å². The van der Waals surface area contributed by atoms with E-state index in [0.717, 1.165) is 38.5 Å². The Morgan fingerprint density at radius 1 is 1.18 bits per heavy atom. The summed E-state index contributed by atoms with van der Waals surface area (Å²) in [4.78, 5) is 11.9. The SMILES string of the molecule is CCCCC(CC)C(=O)NCC(CC)CCO. The molecule has 0 rings (SSSR count). The second-order valence-corrected chi connectivity index (χ2v) is 4.78. The first-order valence-electron chi connectivity index (χ1n) is 7.08. The highest BCUT2D eigenvalue weighted by Crippen LogP contribution is 2.13. The molecule has 0 aliphatic carbocycles. The van der Waals surface area contributed by atoms with Gasteiger partial charge in [-0.3, -0.25) is 4.79 Å². The molecule has 0 fully saturated rings. The summed E-state index contributed by atoms with van der Waals surface area (Å²) in [6.07, 6.45) is 5.97. The summed E-state index contributed by atoms with van der Waals surface area (Å²) in [5.74, 6) is 0.770. The van der Waals surface area contributed by atoms with Gasteiger partial charge in [0, 0.05) is 19.1 Å². The number of hydrogen-bond acceptors (Lipinski definition) is 2. The van der Waals surface area contributed by atoms with Crippen molar-refractivity contribution in [1.82, 2.24) is 5.32 Å². The van der Waals surface area contributed by atoms with Gasteiger partial charge in [-0.25, -0.2) is 0 Å². The van der Waals surface area contributed by atoms with Crippen molar-refractivity contribution >= 4 is 5.91 Å². The van der Waals surface area contributed by atoms with Gasteiger partial charge in [0.25, 0.3) is 0 Å². The van der Waals surface area contributed by atoms with Crippen LogP contribution in [-0.4, -0.2) is 24.2 Å². The Morgan fingerprint density at radius 3 is 2.35 bits per heavy atom. The fourth-order valence-corrected chi connectivity index (χ4v) is 1.99. The van der Waals surface area contributed by atoms with Gasteiger partial charge in [-0.15, -0.1) is 0 Å². The van der Waals surface area contributed by atoms with E-state index in [2.05, 4.69) is 26.1 Å². The van der Waals surface area contributed by atoms with E-state index in [1.807, 2.05) is 0 Å². The third kappa shape index (κ3) is 7.37. The van der Waals surface area contributed by atoms with Crippen LogP contribution in [0.3, 0.4) is 0 Å². The first-order valence-corrected chi connectivity index (χ1v) is 7.08. The fourth-order valence-electron chi connectivity index (χ4n) is 1.99. The quantitative estimate of drug-likeness (QED) is 0.620. The van der Waals surface area contributed by atoms with Gasteiger partial charge in [-0.2, -0.15) is 0 Å². The molecule has 0 saturated heterocycles. The molecule has 17 heavy (non-hydrogen) atoms. The van der Waals surface area contributed by atoms with Gasteiger partial charge >= 0.3 is 0 Å². The van der Waals surface area contributed by atoms with Crippen molar-refractivity contribution in [2.24, 2.45) is 11.8 Å². The minimum atomic E-state index is 0.168. The second-order valence-electron chi connectivity index (χ2n) is 4.78. The summed E-state index contributed by atoms with van der Waals surface area (Å²) in [6.45, 7) is 7.24. The van der Waals surface area contributed by atoms with Gasteiger partial charge in [0.1, 0.15) is 0 Å². The highest BCUT2D eigenvalue weighted by Gasteiger charge is 2.16. The largest absolute Gasteiger partial charge is 0.396 e. The van der Waals surface area contributed by atoms with Crippen LogP contribution in [0.4, 0.5) is 0 Å². The molecule has 1 amide bonds. The maximum absolute atomic E-state index is 11.9. The van der Waals surface area contributed by atoms with Gasteiger partial charge in [-0.05, 0) is 25.2 Å². The minimum Gasteiger partial charge on any atom is -0.396 e.